The maximum absolute atomic E-state index is 13.2. The van der Waals surface area contributed by atoms with Crippen LogP contribution < -0.4 is 10.1 Å². The van der Waals surface area contributed by atoms with E-state index in [2.05, 4.69) is 29.6 Å². The van der Waals surface area contributed by atoms with Gasteiger partial charge in [-0.1, -0.05) is 79.9 Å². The molecule has 2 N–H and O–H groups in total. The fraction of sp³-hybridized carbons (Fsp3) is 0.345. The van der Waals surface area contributed by atoms with Gasteiger partial charge < -0.3 is 15.2 Å². The number of hydrogen-bond donors (Lipinski definition) is 2. The molecule has 3 aromatic rings. The van der Waals surface area contributed by atoms with E-state index in [1.165, 1.54) is 24.8 Å². The lowest BCUT2D eigenvalue weighted by molar-refractivity contribution is -0.121. The van der Waals surface area contributed by atoms with E-state index in [1.54, 1.807) is 19.2 Å². The zero-order valence-corrected chi connectivity index (χ0v) is 19.3. The summed E-state index contributed by atoms with van der Waals surface area (Å²) < 4.78 is 5.29. The standard InChI is InChI=1S/C29H33NO3/c1-33-24-16-14-22(15-17-24)26(25-12-6-7-13-27(25)31)20-28(32)30-21-29(18-8-3-9-19-29)23-10-4-2-5-11-23/h2,4-7,10-17,26,31H,3,8-9,18-21H2,1H3,(H,30,32)/t26-/m0/s1. The number of amides is 1. The van der Waals surface area contributed by atoms with Crippen LogP contribution in [0.1, 0.15) is 61.1 Å². The Kier molecular flexibility index (Phi) is 7.33. The highest BCUT2D eigenvalue weighted by atomic mass is 16.5. The quantitative estimate of drug-likeness (QED) is 0.453. The van der Waals surface area contributed by atoms with Crippen molar-refractivity contribution >= 4 is 5.91 Å². The number of phenols is 1. The van der Waals surface area contributed by atoms with Crippen LogP contribution in [-0.4, -0.2) is 24.7 Å². The minimum absolute atomic E-state index is 0.0000456. The van der Waals surface area contributed by atoms with Crippen molar-refractivity contribution in [1.29, 1.82) is 0 Å². The van der Waals surface area contributed by atoms with Gasteiger partial charge >= 0.3 is 0 Å². The molecule has 1 atom stereocenters. The average molecular weight is 444 g/mol. The first-order valence-electron chi connectivity index (χ1n) is 11.9. The molecule has 1 aliphatic rings. The van der Waals surface area contributed by atoms with Gasteiger partial charge in [-0.25, -0.2) is 0 Å². The second kappa shape index (κ2) is 10.6. The van der Waals surface area contributed by atoms with Crippen LogP contribution in [0.2, 0.25) is 0 Å². The van der Waals surface area contributed by atoms with E-state index in [1.807, 2.05) is 42.5 Å². The number of phenolic OH excluding ortho intramolecular Hbond substituents is 1. The predicted molar refractivity (Wildman–Crippen MR) is 132 cm³/mol. The van der Waals surface area contributed by atoms with Crippen molar-refractivity contribution in [3.63, 3.8) is 0 Å². The molecule has 4 heteroatoms. The second-order valence-electron chi connectivity index (χ2n) is 9.07. The van der Waals surface area contributed by atoms with Crippen molar-refractivity contribution in [2.45, 2.75) is 49.9 Å². The molecule has 1 saturated carbocycles. The summed E-state index contributed by atoms with van der Waals surface area (Å²) in [5.41, 5.74) is 3.05. The molecule has 4 nitrogen and oxygen atoms in total. The van der Waals surface area contributed by atoms with Crippen LogP contribution in [0.25, 0.3) is 0 Å². The number of rotatable bonds is 8. The fourth-order valence-corrected chi connectivity index (χ4v) is 5.14. The van der Waals surface area contributed by atoms with E-state index < -0.39 is 0 Å². The van der Waals surface area contributed by atoms with Gasteiger partial charge in [-0.05, 0) is 42.2 Å². The Balaban J connectivity index is 1.53. The van der Waals surface area contributed by atoms with Crippen LogP contribution in [0.15, 0.2) is 78.9 Å². The number of nitrogens with one attached hydrogen (secondary N) is 1. The van der Waals surface area contributed by atoms with Gasteiger partial charge in [-0.15, -0.1) is 0 Å². The third kappa shape index (κ3) is 5.39. The molecule has 172 valence electrons. The second-order valence-corrected chi connectivity index (χ2v) is 9.07. The van der Waals surface area contributed by atoms with Gasteiger partial charge in [0.15, 0.2) is 0 Å². The van der Waals surface area contributed by atoms with Crippen molar-refractivity contribution in [1.82, 2.24) is 5.32 Å². The lowest BCUT2D eigenvalue weighted by Crippen LogP contribution is -2.42. The SMILES string of the molecule is COc1ccc([C@H](CC(=O)NCC2(c3ccccc3)CCCCC2)c2ccccc2O)cc1. The highest BCUT2D eigenvalue weighted by Crippen LogP contribution is 2.39. The Morgan fingerprint density at radius 1 is 0.939 bits per heavy atom. The first-order valence-corrected chi connectivity index (χ1v) is 11.9. The molecule has 4 rings (SSSR count). The highest BCUT2D eigenvalue weighted by Gasteiger charge is 2.34. The normalized spacial score (nSPS) is 16.0. The van der Waals surface area contributed by atoms with Crippen LogP contribution in [-0.2, 0) is 10.2 Å². The van der Waals surface area contributed by atoms with Crippen LogP contribution >= 0.6 is 0 Å². The van der Waals surface area contributed by atoms with Crippen molar-refractivity contribution in [3.05, 3.63) is 95.6 Å². The molecule has 0 bridgehead atoms. The topological polar surface area (TPSA) is 58.6 Å². The molecule has 1 aliphatic carbocycles. The van der Waals surface area contributed by atoms with E-state index in [-0.39, 0.29) is 29.4 Å². The van der Waals surface area contributed by atoms with Crippen LogP contribution in [0.3, 0.4) is 0 Å². The minimum Gasteiger partial charge on any atom is -0.508 e. The van der Waals surface area contributed by atoms with Gasteiger partial charge in [0.1, 0.15) is 11.5 Å². The maximum Gasteiger partial charge on any atom is 0.220 e. The summed E-state index contributed by atoms with van der Waals surface area (Å²) in [6.07, 6.45) is 6.11. The lowest BCUT2D eigenvalue weighted by atomic mass is 9.69. The molecular formula is C29H33NO3. The maximum atomic E-state index is 13.2. The summed E-state index contributed by atoms with van der Waals surface area (Å²) >= 11 is 0. The lowest BCUT2D eigenvalue weighted by Gasteiger charge is -2.38. The molecule has 0 radical (unpaired) electrons. The van der Waals surface area contributed by atoms with Gasteiger partial charge in [0.2, 0.25) is 5.91 Å². The molecule has 1 fully saturated rings. The van der Waals surface area contributed by atoms with Crippen molar-refractivity contribution < 1.29 is 14.6 Å². The third-order valence-corrected chi connectivity index (χ3v) is 7.04. The number of ether oxygens (including phenoxy) is 1. The molecule has 1 amide bonds. The number of hydrogen-bond acceptors (Lipinski definition) is 3. The van der Waals surface area contributed by atoms with Gasteiger partial charge in [0, 0.05) is 29.9 Å². The minimum atomic E-state index is -0.240. The van der Waals surface area contributed by atoms with Gasteiger partial charge in [-0.3, -0.25) is 4.79 Å². The molecule has 33 heavy (non-hydrogen) atoms. The fourth-order valence-electron chi connectivity index (χ4n) is 5.14. The summed E-state index contributed by atoms with van der Waals surface area (Å²) in [7, 11) is 1.64. The largest absolute Gasteiger partial charge is 0.508 e. The summed E-state index contributed by atoms with van der Waals surface area (Å²) in [6, 6.07) is 25.6. The molecule has 3 aromatic carbocycles. The smallest absolute Gasteiger partial charge is 0.220 e. The summed E-state index contributed by atoms with van der Waals surface area (Å²) in [5.74, 6) is 0.733. The zero-order valence-electron chi connectivity index (χ0n) is 19.3. The number of carbonyl (C=O) groups excluding carboxylic acids is 1. The van der Waals surface area contributed by atoms with Crippen LogP contribution in [0.4, 0.5) is 0 Å². The number of benzene rings is 3. The Labute approximate surface area is 196 Å². The molecular weight excluding hydrogens is 410 g/mol. The Hall–Kier alpha value is -3.27. The first kappa shape index (κ1) is 22.9. The van der Waals surface area contributed by atoms with E-state index in [4.69, 9.17) is 4.74 Å². The first-order chi connectivity index (χ1) is 16.1. The monoisotopic (exact) mass is 443 g/mol. The Bertz CT molecular complexity index is 1040. The number of carbonyl (C=O) groups is 1. The van der Waals surface area contributed by atoms with Crippen LogP contribution in [0, 0.1) is 0 Å². The number of methoxy groups -OCH3 is 1. The Morgan fingerprint density at radius 2 is 1.61 bits per heavy atom. The third-order valence-electron chi connectivity index (χ3n) is 7.04. The van der Waals surface area contributed by atoms with Gasteiger partial charge in [0.05, 0.1) is 7.11 Å². The molecule has 0 aromatic heterocycles. The van der Waals surface area contributed by atoms with Crippen molar-refractivity contribution in [3.8, 4) is 11.5 Å². The van der Waals surface area contributed by atoms with Gasteiger partial charge in [-0.2, -0.15) is 0 Å². The van der Waals surface area contributed by atoms with E-state index >= 15 is 0 Å². The summed E-state index contributed by atoms with van der Waals surface area (Å²) in [5, 5.41) is 13.8. The number of para-hydroxylation sites is 1. The van der Waals surface area contributed by atoms with E-state index in [0.29, 0.717) is 6.54 Å². The number of aromatic hydroxyl groups is 1. The molecule has 0 spiro atoms. The average Bonchev–Trinajstić information content (AvgIpc) is 2.88. The predicted octanol–water partition coefficient (Wildman–Crippen LogP) is 5.94. The van der Waals surface area contributed by atoms with Crippen molar-refractivity contribution in [2.75, 3.05) is 13.7 Å². The van der Waals surface area contributed by atoms with Gasteiger partial charge in [0.25, 0.3) is 0 Å². The van der Waals surface area contributed by atoms with E-state index in [9.17, 15) is 9.90 Å². The molecule has 0 saturated heterocycles. The zero-order chi connectivity index (χ0) is 23.1. The summed E-state index contributed by atoms with van der Waals surface area (Å²) in [6.45, 7) is 0.645. The molecule has 0 heterocycles. The molecule has 0 unspecified atom stereocenters. The highest BCUT2D eigenvalue weighted by molar-refractivity contribution is 5.78. The van der Waals surface area contributed by atoms with Crippen molar-refractivity contribution in [2.24, 2.45) is 0 Å². The summed E-state index contributed by atoms with van der Waals surface area (Å²) in [4.78, 5) is 13.2. The van der Waals surface area contributed by atoms with E-state index in [0.717, 1.165) is 29.7 Å². The molecule has 0 aliphatic heterocycles. The Morgan fingerprint density at radius 3 is 2.27 bits per heavy atom. The van der Waals surface area contributed by atoms with Crippen LogP contribution in [0.5, 0.6) is 11.5 Å².